The van der Waals surface area contributed by atoms with Crippen molar-refractivity contribution in [1.29, 1.82) is 0 Å². The highest BCUT2D eigenvalue weighted by Crippen LogP contribution is 2.24. The van der Waals surface area contributed by atoms with Gasteiger partial charge in [-0.15, -0.1) is 0 Å². The predicted molar refractivity (Wildman–Crippen MR) is 114 cm³/mol. The molecule has 0 radical (unpaired) electrons. The number of aromatic nitrogens is 3. The summed E-state index contributed by atoms with van der Waals surface area (Å²) in [6.07, 6.45) is 5.55. The minimum atomic E-state index is -0.685. The Morgan fingerprint density at radius 1 is 1.10 bits per heavy atom. The lowest BCUT2D eigenvalue weighted by atomic mass is 9.95. The fourth-order valence-corrected chi connectivity index (χ4v) is 4.19. The quantitative estimate of drug-likeness (QED) is 0.738. The smallest absolute Gasteiger partial charge is 0.263 e. The van der Waals surface area contributed by atoms with Crippen molar-refractivity contribution >= 4 is 22.6 Å². The lowest BCUT2D eigenvalue weighted by Crippen LogP contribution is -2.32. The van der Waals surface area contributed by atoms with E-state index >= 15 is 0 Å². The van der Waals surface area contributed by atoms with Crippen molar-refractivity contribution in [1.82, 2.24) is 14.5 Å². The van der Waals surface area contributed by atoms with E-state index in [-0.39, 0.29) is 11.5 Å². The molecule has 1 amide bonds. The molecule has 1 N–H and O–H groups in total. The van der Waals surface area contributed by atoms with Crippen LogP contribution in [0.15, 0.2) is 29.3 Å². The maximum Gasteiger partial charge on any atom is 0.263 e. The van der Waals surface area contributed by atoms with Gasteiger partial charge in [-0.05, 0) is 76.1 Å². The standard InChI is InChI=1S/C23H26N4O2/c1-13-9-14(2)20(15(3)10-13)26-22(28)16(4)27-12-24-21-18(23(27)29)11-17-7-5-6-8-19(17)25-21/h9-12,16H,5-8H2,1-4H3,(H,26,28). The van der Waals surface area contributed by atoms with Crippen LogP contribution in [0.3, 0.4) is 0 Å². The summed E-state index contributed by atoms with van der Waals surface area (Å²) in [5.74, 6) is -0.241. The molecule has 1 atom stereocenters. The van der Waals surface area contributed by atoms with Crippen molar-refractivity contribution in [2.45, 2.75) is 59.4 Å². The van der Waals surface area contributed by atoms with Crippen molar-refractivity contribution in [3.05, 3.63) is 62.8 Å². The SMILES string of the molecule is Cc1cc(C)c(NC(=O)C(C)n2cnc3nc4c(cc3c2=O)CCCC4)c(C)c1. The molecule has 1 aliphatic rings. The summed E-state index contributed by atoms with van der Waals surface area (Å²) in [7, 11) is 0. The summed E-state index contributed by atoms with van der Waals surface area (Å²) in [4.78, 5) is 35.0. The lowest BCUT2D eigenvalue weighted by molar-refractivity contribution is -0.118. The second-order valence-corrected chi connectivity index (χ2v) is 8.07. The Hall–Kier alpha value is -3.02. The van der Waals surface area contributed by atoms with Crippen molar-refractivity contribution in [3.8, 4) is 0 Å². The number of anilines is 1. The maximum atomic E-state index is 13.1. The van der Waals surface area contributed by atoms with Crippen molar-refractivity contribution in [2.24, 2.45) is 0 Å². The van der Waals surface area contributed by atoms with Crippen LogP contribution in [-0.2, 0) is 17.6 Å². The normalized spacial score (nSPS) is 14.5. The molecule has 0 aliphatic heterocycles. The van der Waals surface area contributed by atoms with Crippen LogP contribution >= 0.6 is 0 Å². The number of nitrogens with one attached hydrogen (secondary N) is 1. The molecular formula is C23H26N4O2. The third-order valence-electron chi connectivity index (χ3n) is 5.77. The van der Waals surface area contributed by atoms with Crippen LogP contribution in [0.1, 0.15) is 53.8 Å². The highest BCUT2D eigenvalue weighted by Gasteiger charge is 2.21. The van der Waals surface area contributed by atoms with Gasteiger partial charge in [0.1, 0.15) is 12.4 Å². The number of benzene rings is 1. The first kappa shape index (κ1) is 19.3. The van der Waals surface area contributed by atoms with Crippen LogP contribution in [0.4, 0.5) is 5.69 Å². The Bertz CT molecular complexity index is 1160. The van der Waals surface area contributed by atoms with Gasteiger partial charge in [-0.2, -0.15) is 0 Å². The van der Waals surface area contributed by atoms with Gasteiger partial charge < -0.3 is 5.32 Å². The Morgan fingerprint density at radius 2 is 1.79 bits per heavy atom. The second-order valence-electron chi connectivity index (χ2n) is 8.07. The van der Waals surface area contributed by atoms with E-state index < -0.39 is 6.04 Å². The van der Waals surface area contributed by atoms with Crippen molar-refractivity contribution in [3.63, 3.8) is 0 Å². The molecule has 150 valence electrons. The number of carbonyl (C=O) groups is 1. The molecular weight excluding hydrogens is 364 g/mol. The molecule has 0 fully saturated rings. The first-order chi connectivity index (χ1) is 13.8. The molecule has 1 unspecified atom stereocenters. The average Bonchev–Trinajstić information content (AvgIpc) is 2.69. The van der Waals surface area contributed by atoms with Crippen LogP contribution in [0.2, 0.25) is 0 Å². The highest BCUT2D eigenvalue weighted by molar-refractivity contribution is 5.95. The third kappa shape index (κ3) is 3.55. The van der Waals surface area contributed by atoms with Crippen LogP contribution in [0, 0.1) is 20.8 Å². The molecule has 0 saturated carbocycles. The van der Waals surface area contributed by atoms with Gasteiger partial charge in [-0.3, -0.25) is 14.2 Å². The molecule has 3 aromatic rings. The summed E-state index contributed by atoms with van der Waals surface area (Å²) < 4.78 is 1.40. The third-order valence-corrected chi connectivity index (χ3v) is 5.77. The van der Waals surface area contributed by atoms with Crippen molar-refractivity contribution < 1.29 is 4.79 Å². The van der Waals surface area contributed by atoms with E-state index in [0.717, 1.165) is 59.3 Å². The fraction of sp³-hybridized carbons (Fsp3) is 0.391. The number of carbonyl (C=O) groups excluding carboxylic acids is 1. The van der Waals surface area contributed by atoms with Gasteiger partial charge in [0.2, 0.25) is 5.91 Å². The van der Waals surface area contributed by atoms with Gasteiger partial charge in [0.05, 0.1) is 5.39 Å². The van der Waals surface area contributed by atoms with Gasteiger partial charge in [-0.1, -0.05) is 17.7 Å². The molecule has 4 rings (SSSR count). The van der Waals surface area contributed by atoms with Crippen LogP contribution < -0.4 is 10.9 Å². The molecule has 6 heteroatoms. The second kappa shape index (κ2) is 7.43. The first-order valence-corrected chi connectivity index (χ1v) is 10.1. The Labute approximate surface area is 170 Å². The van der Waals surface area contributed by atoms with Crippen molar-refractivity contribution in [2.75, 3.05) is 5.32 Å². The molecule has 1 aromatic carbocycles. The molecule has 6 nitrogen and oxygen atoms in total. The Morgan fingerprint density at radius 3 is 2.52 bits per heavy atom. The lowest BCUT2D eigenvalue weighted by Gasteiger charge is -2.19. The van der Waals surface area contributed by atoms with E-state index in [2.05, 4.69) is 15.3 Å². The fourth-order valence-electron chi connectivity index (χ4n) is 4.19. The maximum absolute atomic E-state index is 13.1. The Kier molecular flexibility index (Phi) is 4.94. The van der Waals surface area contributed by atoms with Gasteiger partial charge in [0, 0.05) is 11.4 Å². The number of amides is 1. The summed E-state index contributed by atoms with van der Waals surface area (Å²) in [5.41, 5.74) is 6.36. The number of nitrogens with zero attached hydrogens (tertiary/aromatic N) is 3. The molecule has 0 saturated heterocycles. The zero-order valence-corrected chi connectivity index (χ0v) is 17.4. The van der Waals surface area contributed by atoms with Crippen LogP contribution in [-0.4, -0.2) is 20.4 Å². The number of pyridine rings is 1. The molecule has 29 heavy (non-hydrogen) atoms. The molecule has 2 aromatic heterocycles. The molecule has 0 spiro atoms. The van der Waals surface area contributed by atoms with E-state index in [0.29, 0.717) is 11.0 Å². The highest BCUT2D eigenvalue weighted by atomic mass is 16.2. The summed E-state index contributed by atoms with van der Waals surface area (Å²) in [6, 6.07) is 5.30. The number of hydrogen-bond acceptors (Lipinski definition) is 4. The van der Waals surface area contributed by atoms with Crippen LogP contribution in [0.25, 0.3) is 11.0 Å². The minimum Gasteiger partial charge on any atom is -0.324 e. The average molecular weight is 390 g/mol. The molecule has 1 aliphatic carbocycles. The minimum absolute atomic E-state index is 0.226. The van der Waals surface area contributed by atoms with Gasteiger partial charge in [0.15, 0.2) is 5.65 Å². The number of rotatable bonds is 3. The number of aryl methyl sites for hydroxylation is 5. The van der Waals surface area contributed by atoms with E-state index in [9.17, 15) is 9.59 Å². The van der Waals surface area contributed by atoms with E-state index in [1.54, 1.807) is 6.92 Å². The number of fused-ring (bicyclic) bond motifs is 2. The topological polar surface area (TPSA) is 76.9 Å². The zero-order valence-electron chi connectivity index (χ0n) is 17.4. The summed E-state index contributed by atoms with van der Waals surface area (Å²) in [5, 5.41) is 3.47. The van der Waals surface area contributed by atoms with E-state index in [4.69, 9.17) is 0 Å². The largest absolute Gasteiger partial charge is 0.324 e. The van der Waals surface area contributed by atoms with Gasteiger partial charge in [-0.25, -0.2) is 9.97 Å². The van der Waals surface area contributed by atoms with E-state index in [1.165, 1.54) is 10.9 Å². The summed E-state index contributed by atoms with van der Waals surface area (Å²) in [6.45, 7) is 7.69. The monoisotopic (exact) mass is 390 g/mol. The zero-order chi connectivity index (χ0) is 20.7. The predicted octanol–water partition coefficient (Wildman–Crippen LogP) is 3.80. The van der Waals surface area contributed by atoms with Crippen LogP contribution in [0.5, 0.6) is 0 Å². The van der Waals surface area contributed by atoms with Gasteiger partial charge >= 0.3 is 0 Å². The summed E-state index contributed by atoms with van der Waals surface area (Å²) >= 11 is 0. The van der Waals surface area contributed by atoms with Gasteiger partial charge in [0.25, 0.3) is 5.56 Å². The number of hydrogen-bond donors (Lipinski definition) is 1. The first-order valence-electron chi connectivity index (χ1n) is 10.1. The van der Waals surface area contributed by atoms with E-state index in [1.807, 2.05) is 39.0 Å². The molecule has 2 heterocycles. The molecule has 0 bridgehead atoms. The Balaban J connectivity index is 1.68.